The van der Waals surface area contributed by atoms with E-state index >= 15 is 0 Å². The third-order valence-corrected chi connectivity index (χ3v) is 6.41. The lowest BCUT2D eigenvalue weighted by atomic mass is 9.96. The Bertz CT molecular complexity index is 796. The van der Waals surface area contributed by atoms with Crippen LogP contribution in [0, 0.1) is 11.6 Å². The van der Waals surface area contributed by atoms with E-state index in [0.717, 1.165) is 63.2 Å². The van der Waals surface area contributed by atoms with E-state index in [1.54, 1.807) is 24.3 Å². The fraction of sp³-hybridized carbons (Fsp3) is 0.458. The average molecular weight is 414 g/mol. The smallest absolute Gasteiger partial charge is 0.239 e. The molecule has 0 aliphatic carbocycles. The number of nitrogens with zero attached hydrogens (tertiary/aromatic N) is 3. The third-order valence-electron chi connectivity index (χ3n) is 6.41. The average Bonchev–Trinajstić information content (AvgIpc) is 3.31. The molecular weight excluding hydrogens is 384 g/mol. The predicted octanol–water partition coefficient (Wildman–Crippen LogP) is 3.68. The Balaban J connectivity index is 1.48. The second-order valence-electron chi connectivity index (χ2n) is 8.29. The number of amides is 1. The predicted molar refractivity (Wildman–Crippen MR) is 113 cm³/mol. The molecule has 2 aromatic rings. The standard InChI is InChI=1S/C24H29F2N3O/c1-18(24(30)29-12-2-3-13-29)27-14-16-28(17-15-27)23(19-4-8-21(25)9-5-19)20-6-10-22(26)11-7-20/h4-11,18,23H,2-3,12-17H2,1H3/t18-/m0/s1. The molecular formula is C24H29F2N3O. The molecule has 2 aliphatic heterocycles. The van der Waals surface area contributed by atoms with Crippen LogP contribution in [0.2, 0.25) is 0 Å². The maximum absolute atomic E-state index is 13.5. The van der Waals surface area contributed by atoms with Crippen LogP contribution in [0.5, 0.6) is 0 Å². The summed E-state index contributed by atoms with van der Waals surface area (Å²) in [6.07, 6.45) is 2.20. The van der Waals surface area contributed by atoms with Crippen LogP contribution in [0.3, 0.4) is 0 Å². The number of piperazine rings is 1. The number of rotatable bonds is 5. The van der Waals surface area contributed by atoms with E-state index in [1.807, 2.05) is 11.8 Å². The highest BCUT2D eigenvalue weighted by Gasteiger charge is 2.32. The summed E-state index contributed by atoms with van der Waals surface area (Å²) in [6.45, 7) is 6.92. The highest BCUT2D eigenvalue weighted by molar-refractivity contribution is 5.81. The van der Waals surface area contributed by atoms with E-state index in [-0.39, 0.29) is 29.6 Å². The number of carbonyl (C=O) groups is 1. The van der Waals surface area contributed by atoms with Gasteiger partial charge in [0.05, 0.1) is 12.1 Å². The van der Waals surface area contributed by atoms with E-state index in [0.29, 0.717) is 0 Å². The van der Waals surface area contributed by atoms with Crippen LogP contribution >= 0.6 is 0 Å². The summed E-state index contributed by atoms with van der Waals surface area (Å²) in [7, 11) is 0. The van der Waals surface area contributed by atoms with Gasteiger partial charge in [-0.25, -0.2) is 8.78 Å². The monoisotopic (exact) mass is 413 g/mol. The lowest BCUT2D eigenvalue weighted by Gasteiger charge is -2.42. The molecule has 2 aromatic carbocycles. The van der Waals surface area contributed by atoms with E-state index < -0.39 is 0 Å². The van der Waals surface area contributed by atoms with Crippen molar-refractivity contribution in [3.05, 3.63) is 71.3 Å². The van der Waals surface area contributed by atoms with E-state index in [1.165, 1.54) is 24.3 Å². The number of benzene rings is 2. The molecule has 2 fully saturated rings. The van der Waals surface area contributed by atoms with Crippen molar-refractivity contribution in [3.63, 3.8) is 0 Å². The van der Waals surface area contributed by atoms with Gasteiger partial charge in [-0.05, 0) is 55.2 Å². The van der Waals surface area contributed by atoms with Gasteiger partial charge < -0.3 is 4.90 Å². The maximum Gasteiger partial charge on any atom is 0.239 e. The second-order valence-corrected chi connectivity index (χ2v) is 8.29. The molecule has 0 N–H and O–H groups in total. The summed E-state index contributed by atoms with van der Waals surface area (Å²) in [4.78, 5) is 19.3. The minimum Gasteiger partial charge on any atom is -0.341 e. The fourth-order valence-electron chi connectivity index (χ4n) is 4.65. The fourth-order valence-corrected chi connectivity index (χ4v) is 4.65. The number of hydrogen-bond acceptors (Lipinski definition) is 3. The van der Waals surface area contributed by atoms with Gasteiger partial charge in [0.2, 0.25) is 5.91 Å². The van der Waals surface area contributed by atoms with Crippen molar-refractivity contribution < 1.29 is 13.6 Å². The highest BCUT2D eigenvalue weighted by atomic mass is 19.1. The molecule has 0 bridgehead atoms. The van der Waals surface area contributed by atoms with Crippen LogP contribution in [0.1, 0.15) is 36.9 Å². The van der Waals surface area contributed by atoms with Crippen LogP contribution < -0.4 is 0 Å². The molecule has 0 unspecified atom stereocenters. The molecule has 2 heterocycles. The van der Waals surface area contributed by atoms with E-state index in [4.69, 9.17) is 0 Å². The molecule has 1 atom stereocenters. The lowest BCUT2D eigenvalue weighted by molar-refractivity contribution is -0.136. The van der Waals surface area contributed by atoms with Gasteiger partial charge in [-0.1, -0.05) is 24.3 Å². The Labute approximate surface area is 177 Å². The molecule has 2 aliphatic rings. The quantitative estimate of drug-likeness (QED) is 0.748. The zero-order valence-corrected chi connectivity index (χ0v) is 17.4. The Hall–Kier alpha value is -2.31. The summed E-state index contributed by atoms with van der Waals surface area (Å²) >= 11 is 0. The number of carbonyl (C=O) groups excluding carboxylic acids is 1. The van der Waals surface area contributed by atoms with Gasteiger partial charge in [-0.2, -0.15) is 0 Å². The summed E-state index contributed by atoms with van der Waals surface area (Å²) in [5, 5.41) is 0. The van der Waals surface area contributed by atoms with Crippen LogP contribution in [0.4, 0.5) is 8.78 Å². The minimum absolute atomic E-state index is 0.0714. The van der Waals surface area contributed by atoms with E-state index in [2.05, 4.69) is 9.80 Å². The van der Waals surface area contributed by atoms with Crippen molar-refractivity contribution in [2.45, 2.75) is 31.8 Å². The number of halogens is 2. The molecule has 1 amide bonds. The SMILES string of the molecule is C[C@@H](C(=O)N1CCCC1)N1CCN(C(c2ccc(F)cc2)c2ccc(F)cc2)CC1. The normalized spacial score (nSPS) is 19.4. The first-order valence-electron chi connectivity index (χ1n) is 10.8. The van der Waals surface area contributed by atoms with Crippen LogP contribution in [0.25, 0.3) is 0 Å². The van der Waals surface area contributed by atoms with Gasteiger partial charge in [0.1, 0.15) is 11.6 Å². The molecule has 0 spiro atoms. The van der Waals surface area contributed by atoms with Gasteiger partial charge in [-0.3, -0.25) is 14.6 Å². The Morgan fingerprint density at radius 3 is 1.63 bits per heavy atom. The molecule has 4 nitrogen and oxygen atoms in total. The van der Waals surface area contributed by atoms with Crippen molar-refractivity contribution in [1.29, 1.82) is 0 Å². The Morgan fingerprint density at radius 1 is 0.733 bits per heavy atom. The maximum atomic E-state index is 13.5. The first-order valence-corrected chi connectivity index (χ1v) is 10.8. The van der Waals surface area contributed by atoms with Crippen LogP contribution in [-0.4, -0.2) is 65.9 Å². The summed E-state index contributed by atoms with van der Waals surface area (Å²) in [6, 6.07) is 12.9. The van der Waals surface area contributed by atoms with Crippen molar-refractivity contribution in [3.8, 4) is 0 Å². The Kier molecular flexibility index (Phi) is 6.44. The van der Waals surface area contributed by atoms with Gasteiger partial charge in [0, 0.05) is 39.3 Å². The molecule has 0 saturated carbocycles. The molecule has 30 heavy (non-hydrogen) atoms. The minimum atomic E-state index is -0.268. The molecule has 6 heteroatoms. The van der Waals surface area contributed by atoms with Gasteiger partial charge in [-0.15, -0.1) is 0 Å². The zero-order chi connectivity index (χ0) is 21.1. The first kappa shape index (κ1) is 20.9. The van der Waals surface area contributed by atoms with Crippen molar-refractivity contribution in [1.82, 2.24) is 14.7 Å². The Morgan fingerprint density at radius 2 is 1.17 bits per heavy atom. The van der Waals surface area contributed by atoms with Gasteiger partial charge >= 0.3 is 0 Å². The van der Waals surface area contributed by atoms with Crippen LogP contribution in [0.15, 0.2) is 48.5 Å². The second kappa shape index (κ2) is 9.23. The van der Waals surface area contributed by atoms with Gasteiger partial charge in [0.25, 0.3) is 0 Å². The topological polar surface area (TPSA) is 26.8 Å². The summed E-state index contributed by atoms with van der Waals surface area (Å²) in [5.41, 5.74) is 1.97. The summed E-state index contributed by atoms with van der Waals surface area (Å²) < 4.78 is 27.0. The van der Waals surface area contributed by atoms with Crippen molar-refractivity contribution in [2.24, 2.45) is 0 Å². The highest BCUT2D eigenvalue weighted by Crippen LogP contribution is 2.30. The van der Waals surface area contributed by atoms with Gasteiger partial charge in [0.15, 0.2) is 0 Å². The van der Waals surface area contributed by atoms with Crippen LogP contribution in [-0.2, 0) is 4.79 Å². The molecule has 0 radical (unpaired) electrons. The molecule has 2 saturated heterocycles. The largest absolute Gasteiger partial charge is 0.341 e. The molecule has 4 rings (SSSR count). The number of hydrogen-bond donors (Lipinski definition) is 0. The molecule has 160 valence electrons. The zero-order valence-electron chi connectivity index (χ0n) is 17.4. The molecule has 0 aromatic heterocycles. The number of likely N-dealkylation sites (tertiary alicyclic amines) is 1. The van der Waals surface area contributed by atoms with Crippen molar-refractivity contribution >= 4 is 5.91 Å². The summed E-state index contributed by atoms with van der Waals surface area (Å²) in [5.74, 6) is -0.305. The van der Waals surface area contributed by atoms with Crippen molar-refractivity contribution in [2.75, 3.05) is 39.3 Å². The van der Waals surface area contributed by atoms with E-state index in [9.17, 15) is 13.6 Å². The third kappa shape index (κ3) is 4.55. The first-order chi connectivity index (χ1) is 14.5. The lowest BCUT2D eigenvalue weighted by Crippen LogP contribution is -2.54.